The number of hydrogen-bond acceptors (Lipinski definition) is 2. The Labute approximate surface area is 99.6 Å². The van der Waals surface area contributed by atoms with E-state index in [0.717, 1.165) is 16.7 Å². The molecule has 1 aliphatic rings. The van der Waals surface area contributed by atoms with Crippen molar-refractivity contribution in [1.82, 2.24) is 4.98 Å². The van der Waals surface area contributed by atoms with Gasteiger partial charge in [-0.1, -0.05) is 13.3 Å². The summed E-state index contributed by atoms with van der Waals surface area (Å²) in [6, 6.07) is 2.08. The van der Waals surface area contributed by atoms with E-state index in [1.54, 1.807) is 0 Å². The summed E-state index contributed by atoms with van der Waals surface area (Å²) in [6.07, 6.45) is 9.11. The van der Waals surface area contributed by atoms with Crippen LogP contribution in [0, 0.1) is 5.41 Å². The van der Waals surface area contributed by atoms with Crippen LogP contribution in [0.2, 0.25) is 0 Å². The molecule has 1 saturated carbocycles. The first-order chi connectivity index (χ1) is 7.24. The molecule has 2 nitrogen and oxygen atoms in total. The predicted molar refractivity (Wildman–Crippen MR) is 67.0 cm³/mol. The number of pyridine rings is 1. The summed E-state index contributed by atoms with van der Waals surface area (Å²) in [7, 11) is 0. The highest BCUT2D eigenvalue weighted by Crippen LogP contribution is 2.43. The molecule has 0 radical (unpaired) electrons. The number of nitrogens with one attached hydrogen (secondary N) is 1. The first-order valence-corrected chi connectivity index (χ1v) is 6.38. The van der Waals surface area contributed by atoms with Crippen LogP contribution in [0.4, 0.5) is 5.69 Å². The zero-order chi connectivity index (χ0) is 10.7. The number of rotatable bonds is 4. The standard InChI is InChI=1S/C12H17BrN2/c1-2-12(4-3-5-12)9-15-11-6-10(13)7-14-8-11/h6-8,15H,2-5,9H2,1H3. The summed E-state index contributed by atoms with van der Waals surface area (Å²) in [6.45, 7) is 3.38. The van der Waals surface area contributed by atoms with Gasteiger partial charge in [0, 0.05) is 17.2 Å². The highest BCUT2D eigenvalue weighted by molar-refractivity contribution is 9.10. The molecule has 0 spiro atoms. The van der Waals surface area contributed by atoms with Crippen LogP contribution in [-0.2, 0) is 0 Å². The average Bonchev–Trinajstić information content (AvgIpc) is 2.17. The molecule has 2 rings (SSSR count). The van der Waals surface area contributed by atoms with Crippen molar-refractivity contribution in [2.75, 3.05) is 11.9 Å². The van der Waals surface area contributed by atoms with Gasteiger partial charge in [0.15, 0.2) is 0 Å². The first kappa shape index (κ1) is 10.9. The maximum absolute atomic E-state index is 4.15. The van der Waals surface area contributed by atoms with Gasteiger partial charge >= 0.3 is 0 Å². The molecule has 1 fully saturated rings. The van der Waals surface area contributed by atoms with Crippen molar-refractivity contribution >= 4 is 21.6 Å². The van der Waals surface area contributed by atoms with E-state index < -0.39 is 0 Å². The van der Waals surface area contributed by atoms with Crippen LogP contribution in [0.3, 0.4) is 0 Å². The molecule has 1 heterocycles. The van der Waals surface area contributed by atoms with Gasteiger partial charge < -0.3 is 5.32 Å². The van der Waals surface area contributed by atoms with Gasteiger partial charge in [-0.3, -0.25) is 4.98 Å². The predicted octanol–water partition coefficient (Wildman–Crippen LogP) is 3.84. The molecule has 0 aliphatic heterocycles. The Balaban J connectivity index is 1.92. The van der Waals surface area contributed by atoms with Crippen LogP contribution >= 0.6 is 15.9 Å². The fourth-order valence-corrected chi connectivity index (χ4v) is 2.50. The number of anilines is 1. The van der Waals surface area contributed by atoms with Crippen LogP contribution in [0.15, 0.2) is 22.9 Å². The molecule has 0 saturated heterocycles. The van der Waals surface area contributed by atoms with E-state index in [1.165, 1.54) is 25.7 Å². The Bertz CT molecular complexity index is 329. The molecule has 1 aromatic rings. The second kappa shape index (κ2) is 4.52. The van der Waals surface area contributed by atoms with Crippen molar-refractivity contribution in [2.24, 2.45) is 5.41 Å². The Morgan fingerprint density at radius 2 is 2.27 bits per heavy atom. The van der Waals surface area contributed by atoms with Gasteiger partial charge in [-0.15, -0.1) is 0 Å². The lowest BCUT2D eigenvalue weighted by molar-refractivity contribution is 0.145. The summed E-state index contributed by atoms with van der Waals surface area (Å²) in [5.41, 5.74) is 1.67. The third kappa shape index (κ3) is 2.51. The summed E-state index contributed by atoms with van der Waals surface area (Å²) < 4.78 is 1.03. The summed E-state index contributed by atoms with van der Waals surface area (Å²) in [5, 5.41) is 3.49. The fourth-order valence-electron chi connectivity index (χ4n) is 2.13. The largest absolute Gasteiger partial charge is 0.383 e. The molecule has 0 unspecified atom stereocenters. The highest BCUT2D eigenvalue weighted by atomic mass is 79.9. The maximum atomic E-state index is 4.15. The summed E-state index contributed by atoms with van der Waals surface area (Å²) in [4.78, 5) is 4.15. The summed E-state index contributed by atoms with van der Waals surface area (Å²) in [5.74, 6) is 0. The van der Waals surface area contributed by atoms with Crippen LogP contribution in [0.1, 0.15) is 32.6 Å². The van der Waals surface area contributed by atoms with E-state index in [4.69, 9.17) is 0 Å². The Morgan fingerprint density at radius 1 is 1.47 bits per heavy atom. The van der Waals surface area contributed by atoms with Crippen molar-refractivity contribution in [1.29, 1.82) is 0 Å². The fraction of sp³-hybridized carbons (Fsp3) is 0.583. The van der Waals surface area contributed by atoms with Crippen LogP contribution in [-0.4, -0.2) is 11.5 Å². The van der Waals surface area contributed by atoms with Gasteiger partial charge in [0.2, 0.25) is 0 Å². The maximum Gasteiger partial charge on any atom is 0.0538 e. The number of halogens is 1. The van der Waals surface area contributed by atoms with Gasteiger partial charge in [-0.25, -0.2) is 0 Å². The lowest BCUT2D eigenvalue weighted by Crippen LogP contribution is -2.35. The molecule has 1 aromatic heterocycles. The van der Waals surface area contributed by atoms with E-state index in [0.29, 0.717) is 5.41 Å². The number of aromatic nitrogens is 1. The minimum Gasteiger partial charge on any atom is -0.383 e. The van der Waals surface area contributed by atoms with Crippen LogP contribution in [0.5, 0.6) is 0 Å². The third-order valence-corrected chi connectivity index (χ3v) is 3.97. The van der Waals surface area contributed by atoms with Crippen LogP contribution < -0.4 is 5.32 Å². The van der Waals surface area contributed by atoms with Gasteiger partial charge in [0.05, 0.1) is 11.9 Å². The number of nitrogens with zero attached hydrogens (tertiary/aromatic N) is 1. The Morgan fingerprint density at radius 3 is 2.80 bits per heavy atom. The lowest BCUT2D eigenvalue weighted by Gasteiger charge is -2.41. The minimum atomic E-state index is 0.558. The Kier molecular flexibility index (Phi) is 3.29. The monoisotopic (exact) mass is 268 g/mol. The molecule has 0 aromatic carbocycles. The normalized spacial score (nSPS) is 18.3. The van der Waals surface area contributed by atoms with E-state index in [1.807, 2.05) is 12.4 Å². The molecule has 82 valence electrons. The average molecular weight is 269 g/mol. The molecule has 1 aliphatic carbocycles. The van der Waals surface area contributed by atoms with Crippen LogP contribution in [0.25, 0.3) is 0 Å². The lowest BCUT2D eigenvalue weighted by atomic mass is 9.67. The zero-order valence-electron chi connectivity index (χ0n) is 9.09. The molecular weight excluding hydrogens is 252 g/mol. The van der Waals surface area contributed by atoms with Gasteiger partial charge in [-0.05, 0) is 46.7 Å². The number of hydrogen-bond donors (Lipinski definition) is 1. The van der Waals surface area contributed by atoms with E-state index in [2.05, 4.69) is 39.2 Å². The van der Waals surface area contributed by atoms with E-state index in [9.17, 15) is 0 Å². The first-order valence-electron chi connectivity index (χ1n) is 5.58. The minimum absolute atomic E-state index is 0.558. The van der Waals surface area contributed by atoms with Crippen molar-refractivity contribution in [3.63, 3.8) is 0 Å². The molecule has 3 heteroatoms. The second-order valence-electron chi connectivity index (χ2n) is 4.45. The van der Waals surface area contributed by atoms with Gasteiger partial charge in [0.1, 0.15) is 0 Å². The molecule has 15 heavy (non-hydrogen) atoms. The molecule has 0 atom stereocenters. The van der Waals surface area contributed by atoms with E-state index in [-0.39, 0.29) is 0 Å². The zero-order valence-corrected chi connectivity index (χ0v) is 10.7. The smallest absolute Gasteiger partial charge is 0.0538 e. The molecule has 0 amide bonds. The van der Waals surface area contributed by atoms with Gasteiger partial charge in [-0.2, -0.15) is 0 Å². The molecule has 1 N–H and O–H groups in total. The topological polar surface area (TPSA) is 24.9 Å². The highest BCUT2D eigenvalue weighted by Gasteiger charge is 2.34. The second-order valence-corrected chi connectivity index (χ2v) is 5.37. The van der Waals surface area contributed by atoms with Crippen molar-refractivity contribution in [3.8, 4) is 0 Å². The Hall–Kier alpha value is -0.570. The third-order valence-electron chi connectivity index (χ3n) is 3.54. The van der Waals surface area contributed by atoms with Crippen molar-refractivity contribution in [2.45, 2.75) is 32.6 Å². The molecular formula is C12H17BrN2. The summed E-state index contributed by atoms with van der Waals surface area (Å²) >= 11 is 3.43. The van der Waals surface area contributed by atoms with Crippen molar-refractivity contribution < 1.29 is 0 Å². The SMILES string of the molecule is CCC1(CNc2cncc(Br)c2)CCC1. The van der Waals surface area contributed by atoms with Gasteiger partial charge in [0.25, 0.3) is 0 Å². The quantitative estimate of drug-likeness (QED) is 0.898. The molecule has 0 bridgehead atoms. The van der Waals surface area contributed by atoms with E-state index >= 15 is 0 Å². The van der Waals surface area contributed by atoms with Crippen molar-refractivity contribution in [3.05, 3.63) is 22.9 Å².